The fourth-order valence-electron chi connectivity index (χ4n) is 2.87. The first kappa shape index (κ1) is 18.1. The molecular formula is C19H18BrN3O3. The van der Waals surface area contributed by atoms with E-state index < -0.39 is 5.69 Å². The molecule has 0 saturated heterocycles. The summed E-state index contributed by atoms with van der Waals surface area (Å²) in [5, 5.41) is 3.21. The Bertz CT molecular complexity index is 1120. The van der Waals surface area contributed by atoms with Gasteiger partial charge in [-0.1, -0.05) is 34.1 Å². The van der Waals surface area contributed by atoms with Crippen molar-refractivity contribution in [1.82, 2.24) is 9.13 Å². The van der Waals surface area contributed by atoms with Crippen LogP contribution in [0.15, 0.2) is 56.5 Å². The summed E-state index contributed by atoms with van der Waals surface area (Å²) in [5.74, 6) is -0.327. The molecule has 0 bridgehead atoms. The molecule has 0 atom stereocenters. The number of nitrogens with one attached hydrogen (secondary N) is 1. The summed E-state index contributed by atoms with van der Waals surface area (Å²) in [6, 6.07) is 12.5. The van der Waals surface area contributed by atoms with Crippen molar-refractivity contribution >= 4 is 38.4 Å². The quantitative estimate of drug-likeness (QED) is 0.711. The van der Waals surface area contributed by atoms with Crippen molar-refractivity contribution in [3.05, 3.63) is 73.3 Å². The van der Waals surface area contributed by atoms with Gasteiger partial charge in [0.25, 0.3) is 5.56 Å². The van der Waals surface area contributed by atoms with Crippen LogP contribution in [0, 0.1) is 6.92 Å². The number of amides is 1. The van der Waals surface area contributed by atoms with Crippen LogP contribution in [0.4, 0.5) is 5.69 Å². The van der Waals surface area contributed by atoms with Crippen LogP contribution in [-0.4, -0.2) is 15.0 Å². The third kappa shape index (κ3) is 3.35. The Hall–Kier alpha value is -2.67. The molecule has 0 unspecified atom stereocenters. The van der Waals surface area contributed by atoms with Gasteiger partial charge in [-0.2, -0.15) is 0 Å². The lowest BCUT2D eigenvalue weighted by Gasteiger charge is -2.14. The highest BCUT2D eigenvalue weighted by Gasteiger charge is 2.15. The van der Waals surface area contributed by atoms with E-state index in [0.29, 0.717) is 16.6 Å². The maximum absolute atomic E-state index is 12.7. The van der Waals surface area contributed by atoms with Gasteiger partial charge in [-0.15, -0.1) is 0 Å². The molecule has 0 saturated carbocycles. The maximum Gasteiger partial charge on any atom is 0.331 e. The summed E-state index contributed by atoms with van der Waals surface area (Å²) in [4.78, 5) is 37.8. The topological polar surface area (TPSA) is 73.1 Å². The Kier molecular flexibility index (Phi) is 5.08. The molecule has 3 rings (SSSR count). The largest absolute Gasteiger partial charge is 0.331 e. The van der Waals surface area contributed by atoms with Crippen LogP contribution in [0.3, 0.4) is 0 Å². The van der Waals surface area contributed by atoms with Gasteiger partial charge in [0.05, 0.1) is 10.9 Å². The van der Waals surface area contributed by atoms with Gasteiger partial charge in [-0.25, -0.2) is 4.79 Å². The summed E-state index contributed by atoms with van der Waals surface area (Å²) in [7, 11) is 0. The van der Waals surface area contributed by atoms with Gasteiger partial charge in [0.2, 0.25) is 5.91 Å². The number of benzene rings is 2. The van der Waals surface area contributed by atoms with Gasteiger partial charge in [-0.05, 0) is 43.7 Å². The van der Waals surface area contributed by atoms with Crippen LogP contribution < -0.4 is 16.6 Å². The number of halogens is 1. The fraction of sp³-hybridized carbons (Fsp3) is 0.211. The number of para-hydroxylation sites is 1. The Morgan fingerprint density at radius 3 is 2.54 bits per heavy atom. The van der Waals surface area contributed by atoms with Crippen molar-refractivity contribution in [3.8, 4) is 0 Å². The first-order chi connectivity index (χ1) is 12.4. The summed E-state index contributed by atoms with van der Waals surface area (Å²) < 4.78 is 3.20. The van der Waals surface area contributed by atoms with E-state index in [2.05, 4.69) is 21.2 Å². The summed E-state index contributed by atoms with van der Waals surface area (Å²) in [5.41, 5.74) is 1.21. The average molecular weight is 416 g/mol. The van der Waals surface area contributed by atoms with Gasteiger partial charge in [0.1, 0.15) is 6.54 Å². The first-order valence-electron chi connectivity index (χ1n) is 8.20. The maximum atomic E-state index is 12.7. The molecule has 134 valence electrons. The second kappa shape index (κ2) is 7.29. The van der Waals surface area contributed by atoms with Crippen molar-refractivity contribution in [2.45, 2.75) is 26.9 Å². The Morgan fingerprint density at radius 2 is 1.85 bits per heavy atom. The van der Waals surface area contributed by atoms with E-state index in [9.17, 15) is 14.4 Å². The number of rotatable bonds is 4. The second-order valence-corrected chi connectivity index (χ2v) is 6.86. The van der Waals surface area contributed by atoms with E-state index in [0.717, 1.165) is 14.6 Å². The molecule has 7 heteroatoms. The molecule has 1 amide bonds. The minimum Gasteiger partial charge on any atom is -0.324 e. The highest BCUT2D eigenvalue weighted by atomic mass is 79.9. The van der Waals surface area contributed by atoms with E-state index in [1.54, 1.807) is 31.2 Å². The van der Waals surface area contributed by atoms with Crippen LogP contribution in [0.5, 0.6) is 0 Å². The van der Waals surface area contributed by atoms with E-state index in [1.165, 1.54) is 4.57 Å². The standard InChI is InChI=1S/C19H18BrN3O3/c1-3-22-18(25)14-10-13(20)8-9-16(14)23(19(22)26)11-17(24)21-15-7-5-4-6-12(15)2/h4-10H,3,11H2,1-2H3,(H,21,24). The Labute approximate surface area is 158 Å². The molecule has 0 radical (unpaired) electrons. The molecule has 1 aromatic heterocycles. The minimum atomic E-state index is -0.493. The lowest BCUT2D eigenvalue weighted by Crippen LogP contribution is -2.41. The number of carbonyl (C=O) groups excluding carboxylic acids is 1. The van der Waals surface area contributed by atoms with Crippen molar-refractivity contribution < 1.29 is 4.79 Å². The lowest BCUT2D eigenvalue weighted by molar-refractivity contribution is -0.116. The smallest absolute Gasteiger partial charge is 0.324 e. The molecule has 6 nitrogen and oxygen atoms in total. The number of aryl methyl sites for hydroxylation is 1. The summed E-state index contributed by atoms with van der Waals surface area (Å²) >= 11 is 3.34. The minimum absolute atomic E-state index is 0.175. The Morgan fingerprint density at radius 1 is 1.12 bits per heavy atom. The zero-order chi connectivity index (χ0) is 18.8. The van der Waals surface area contributed by atoms with Gasteiger partial charge in [0.15, 0.2) is 0 Å². The number of hydrogen-bond acceptors (Lipinski definition) is 3. The molecule has 2 aromatic carbocycles. The van der Waals surface area contributed by atoms with Crippen LogP contribution in [0.25, 0.3) is 10.9 Å². The summed E-state index contributed by atoms with van der Waals surface area (Å²) in [6.45, 7) is 3.68. The molecule has 26 heavy (non-hydrogen) atoms. The van der Waals surface area contributed by atoms with E-state index in [4.69, 9.17) is 0 Å². The molecule has 0 spiro atoms. The van der Waals surface area contributed by atoms with Crippen LogP contribution in [-0.2, 0) is 17.9 Å². The van der Waals surface area contributed by atoms with Crippen molar-refractivity contribution in [2.75, 3.05) is 5.32 Å². The molecule has 1 N–H and O–H groups in total. The number of anilines is 1. The molecule has 0 aliphatic rings. The zero-order valence-corrected chi connectivity index (χ0v) is 16.0. The van der Waals surface area contributed by atoms with Gasteiger partial charge in [-0.3, -0.25) is 18.7 Å². The molecular weight excluding hydrogens is 398 g/mol. The Balaban J connectivity index is 2.07. The predicted molar refractivity (Wildman–Crippen MR) is 106 cm³/mol. The predicted octanol–water partition coefficient (Wildman–Crippen LogP) is 2.89. The van der Waals surface area contributed by atoms with E-state index in [-0.39, 0.29) is 24.6 Å². The number of hydrogen-bond donors (Lipinski definition) is 1. The van der Waals surface area contributed by atoms with E-state index >= 15 is 0 Å². The zero-order valence-electron chi connectivity index (χ0n) is 14.5. The van der Waals surface area contributed by atoms with Crippen molar-refractivity contribution in [2.24, 2.45) is 0 Å². The second-order valence-electron chi connectivity index (χ2n) is 5.94. The normalized spacial score (nSPS) is 10.9. The van der Waals surface area contributed by atoms with Crippen molar-refractivity contribution in [3.63, 3.8) is 0 Å². The number of aromatic nitrogens is 2. The van der Waals surface area contributed by atoms with Gasteiger partial charge >= 0.3 is 5.69 Å². The van der Waals surface area contributed by atoms with Gasteiger partial charge in [0, 0.05) is 16.7 Å². The molecule has 0 fully saturated rings. The number of carbonyl (C=O) groups is 1. The lowest BCUT2D eigenvalue weighted by atomic mass is 10.2. The number of nitrogens with zero attached hydrogens (tertiary/aromatic N) is 2. The average Bonchev–Trinajstić information content (AvgIpc) is 2.61. The SMILES string of the molecule is CCn1c(=O)c2cc(Br)ccc2n(CC(=O)Nc2ccccc2C)c1=O. The molecule has 0 aliphatic carbocycles. The third-order valence-corrected chi connectivity index (χ3v) is 4.72. The molecule has 0 aliphatic heterocycles. The molecule has 3 aromatic rings. The van der Waals surface area contributed by atoms with Crippen LogP contribution in [0.2, 0.25) is 0 Å². The number of fused-ring (bicyclic) bond motifs is 1. The first-order valence-corrected chi connectivity index (χ1v) is 9.00. The van der Waals surface area contributed by atoms with E-state index in [1.807, 2.05) is 25.1 Å². The highest BCUT2D eigenvalue weighted by molar-refractivity contribution is 9.10. The third-order valence-electron chi connectivity index (χ3n) is 4.22. The van der Waals surface area contributed by atoms with Gasteiger partial charge < -0.3 is 5.32 Å². The summed E-state index contributed by atoms with van der Waals surface area (Å²) in [6.07, 6.45) is 0. The molecule has 1 heterocycles. The monoisotopic (exact) mass is 415 g/mol. The highest BCUT2D eigenvalue weighted by Crippen LogP contribution is 2.17. The van der Waals surface area contributed by atoms with Crippen molar-refractivity contribution in [1.29, 1.82) is 0 Å². The fourth-order valence-corrected chi connectivity index (χ4v) is 3.24. The van der Waals surface area contributed by atoms with Crippen LogP contribution in [0.1, 0.15) is 12.5 Å². The van der Waals surface area contributed by atoms with Crippen LogP contribution >= 0.6 is 15.9 Å².